The molecule has 144 valence electrons. The third kappa shape index (κ3) is 5.30. The van der Waals surface area contributed by atoms with Gasteiger partial charge in [0.25, 0.3) is 5.91 Å². The van der Waals surface area contributed by atoms with E-state index in [4.69, 9.17) is 4.74 Å². The predicted molar refractivity (Wildman–Crippen MR) is 110 cm³/mol. The number of carbonyl (C=O) groups excluding carboxylic acids is 1. The van der Waals surface area contributed by atoms with E-state index in [2.05, 4.69) is 27.4 Å². The fourth-order valence-electron chi connectivity index (χ4n) is 2.81. The molecule has 0 fully saturated rings. The molecule has 1 N–H and O–H groups in total. The number of hydrogen-bond donors (Lipinski definition) is 1. The molecule has 0 aliphatic heterocycles. The lowest BCUT2D eigenvalue weighted by atomic mass is 10.1. The highest BCUT2D eigenvalue weighted by Gasteiger charge is 2.09. The Kier molecular flexibility index (Phi) is 6.57. The van der Waals surface area contributed by atoms with Gasteiger partial charge in [-0.2, -0.15) is 0 Å². The molecule has 0 spiro atoms. The minimum atomic E-state index is -0.180. The molecule has 3 aromatic rings. The summed E-state index contributed by atoms with van der Waals surface area (Å²) in [5, 5.41) is 2.90. The van der Waals surface area contributed by atoms with E-state index in [1.165, 1.54) is 5.56 Å². The van der Waals surface area contributed by atoms with Crippen molar-refractivity contribution >= 4 is 11.9 Å². The molecule has 6 heteroatoms. The Hall–Kier alpha value is -3.41. The maximum absolute atomic E-state index is 12.3. The Bertz CT molecular complexity index is 898. The van der Waals surface area contributed by atoms with Crippen LogP contribution in [0.25, 0.3) is 0 Å². The Morgan fingerprint density at radius 3 is 2.46 bits per heavy atom. The molecule has 1 aromatic heterocycles. The second-order valence-electron chi connectivity index (χ2n) is 6.47. The van der Waals surface area contributed by atoms with Gasteiger partial charge < -0.3 is 15.0 Å². The van der Waals surface area contributed by atoms with Gasteiger partial charge in [0, 0.05) is 32.5 Å². The average molecular weight is 376 g/mol. The van der Waals surface area contributed by atoms with E-state index in [1.54, 1.807) is 19.5 Å². The minimum absolute atomic E-state index is 0.180. The van der Waals surface area contributed by atoms with Crippen molar-refractivity contribution in [3.05, 3.63) is 83.7 Å². The number of nitrogens with one attached hydrogen (secondary N) is 1. The Labute approximate surface area is 165 Å². The Balaban J connectivity index is 1.51. The second-order valence-corrected chi connectivity index (χ2v) is 6.47. The number of benzene rings is 2. The molecule has 0 aliphatic carbocycles. The van der Waals surface area contributed by atoms with E-state index >= 15 is 0 Å². The van der Waals surface area contributed by atoms with Crippen LogP contribution in [0.2, 0.25) is 0 Å². The first-order valence-corrected chi connectivity index (χ1v) is 9.14. The highest BCUT2D eigenvalue weighted by molar-refractivity contribution is 5.93. The van der Waals surface area contributed by atoms with Crippen LogP contribution in [0.1, 0.15) is 21.5 Å². The fraction of sp³-hybridized carbons (Fsp3) is 0.227. The molecule has 0 atom stereocenters. The molecule has 0 bridgehead atoms. The van der Waals surface area contributed by atoms with Gasteiger partial charge in [-0.1, -0.05) is 42.5 Å². The normalized spacial score (nSPS) is 10.4. The van der Waals surface area contributed by atoms with Crippen molar-refractivity contribution in [3.8, 4) is 5.75 Å². The topological polar surface area (TPSA) is 67.3 Å². The minimum Gasteiger partial charge on any atom is -0.497 e. The smallest absolute Gasteiger partial charge is 0.254 e. The van der Waals surface area contributed by atoms with Gasteiger partial charge in [-0.15, -0.1) is 0 Å². The molecule has 3 rings (SSSR count). The number of carbonyl (C=O) groups is 1. The van der Waals surface area contributed by atoms with Gasteiger partial charge in [-0.3, -0.25) is 4.79 Å². The molecule has 0 radical (unpaired) electrons. The van der Waals surface area contributed by atoms with Crippen molar-refractivity contribution in [2.45, 2.75) is 13.0 Å². The molecule has 0 aliphatic rings. The summed E-state index contributed by atoms with van der Waals surface area (Å²) in [5.74, 6) is 1.21. The van der Waals surface area contributed by atoms with E-state index in [1.807, 2.05) is 54.4 Å². The Morgan fingerprint density at radius 2 is 1.75 bits per heavy atom. The summed E-state index contributed by atoms with van der Waals surface area (Å²) in [6.07, 6.45) is 3.84. The molecular weight excluding hydrogens is 352 g/mol. The van der Waals surface area contributed by atoms with Crippen LogP contribution in [0.4, 0.5) is 5.95 Å². The van der Waals surface area contributed by atoms with E-state index in [9.17, 15) is 4.79 Å². The second kappa shape index (κ2) is 9.50. The standard InChI is InChI=1S/C22H24N4O2/c1-26(16-18-7-4-3-5-8-18)22-24-14-19(15-25-22)21(27)23-12-11-17-9-6-10-20(13-17)28-2/h3-10,13-15H,11-12,16H2,1-2H3,(H,23,27). The number of rotatable bonds is 8. The largest absolute Gasteiger partial charge is 0.497 e. The quantitative estimate of drug-likeness (QED) is 0.654. The summed E-state index contributed by atoms with van der Waals surface area (Å²) >= 11 is 0. The zero-order valence-corrected chi connectivity index (χ0v) is 16.1. The lowest BCUT2D eigenvalue weighted by molar-refractivity contribution is 0.0953. The van der Waals surface area contributed by atoms with Crippen molar-refractivity contribution in [3.63, 3.8) is 0 Å². The number of methoxy groups -OCH3 is 1. The van der Waals surface area contributed by atoms with Crippen LogP contribution in [0.15, 0.2) is 67.0 Å². The predicted octanol–water partition coefficient (Wildman–Crippen LogP) is 3.09. The highest BCUT2D eigenvalue weighted by atomic mass is 16.5. The summed E-state index contributed by atoms with van der Waals surface area (Å²) in [4.78, 5) is 22.9. The lowest BCUT2D eigenvalue weighted by Gasteiger charge is -2.17. The van der Waals surface area contributed by atoms with E-state index < -0.39 is 0 Å². The molecule has 0 unspecified atom stereocenters. The van der Waals surface area contributed by atoms with Gasteiger partial charge >= 0.3 is 0 Å². The fourth-order valence-corrected chi connectivity index (χ4v) is 2.81. The molecule has 6 nitrogen and oxygen atoms in total. The van der Waals surface area contributed by atoms with Gasteiger partial charge in [0.1, 0.15) is 5.75 Å². The SMILES string of the molecule is COc1cccc(CCNC(=O)c2cnc(N(C)Cc3ccccc3)nc2)c1. The van der Waals surface area contributed by atoms with Crippen molar-refractivity contribution in [1.29, 1.82) is 0 Å². The number of amides is 1. The van der Waals surface area contributed by atoms with Crippen LogP contribution in [0.3, 0.4) is 0 Å². The molecule has 0 saturated heterocycles. The van der Waals surface area contributed by atoms with Crippen LogP contribution in [-0.2, 0) is 13.0 Å². The lowest BCUT2D eigenvalue weighted by Crippen LogP contribution is -2.26. The van der Waals surface area contributed by atoms with E-state index in [-0.39, 0.29) is 5.91 Å². The first-order chi connectivity index (χ1) is 13.7. The van der Waals surface area contributed by atoms with Crippen molar-refractivity contribution in [1.82, 2.24) is 15.3 Å². The average Bonchev–Trinajstić information content (AvgIpc) is 2.74. The molecule has 28 heavy (non-hydrogen) atoms. The van der Waals surface area contributed by atoms with Crippen molar-refractivity contribution in [2.75, 3.05) is 25.6 Å². The maximum Gasteiger partial charge on any atom is 0.254 e. The maximum atomic E-state index is 12.3. The third-order valence-electron chi connectivity index (χ3n) is 4.34. The van der Waals surface area contributed by atoms with Crippen LogP contribution >= 0.6 is 0 Å². The molecule has 1 amide bonds. The van der Waals surface area contributed by atoms with E-state index in [0.29, 0.717) is 24.6 Å². The summed E-state index contributed by atoms with van der Waals surface area (Å²) in [5.41, 5.74) is 2.73. The molecular formula is C22H24N4O2. The summed E-state index contributed by atoms with van der Waals surface area (Å²) in [6, 6.07) is 17.9. The molecule has 2 aromatic carbocycles. The summed E-state index contributed by atoms with van der Waals surface area (Å²) < 4.78 is 5.21. The third-order valence-corrected chi connectivity index (χ3v) is 4.34. The van der Waals surface area contributed by atoms with Crippen molar-refractivity contribution in [2.24, 2.45) is 0 Å². The zero-order chi connectivity index (χ0) is 19.8. The number of hydrogen-bond acceptors (Lipinski definition) is 5. The zero-order valence-electron chi connectivity index (χ0n) is 16.1. The van der Waals surface area contributed by atoms with Crippen LogP contribution < -0.4 is 15.0 Å². The van der Waals surface area contributed by atoms with Crippen molar-refractivity contribution < 1.29 is 9.53 Å². The summed E-state index contributed by atoms with van der Waals surface area (Å²) in [6.45, 7) is 1.23. The van der Waals surface area contributed by atoms with E-state index in [0.717, 1.165) is 17.7 Å². The van der Waals surface area contributed by atoms with Crippen LogP contribution in [-0.4, -0.2) is 36.6 Å². The highest BCUT2D eigenvalue weighted by Crippen LogP contribution is 2.13. The number of nitrogens with zero attached hydrogens (tertiary/aromatic N) is 3. The van der Waals surface area contributed by atoms with Crippen LogP contribution in [0, 0.1) is 0 Å². The molecule has 0 saturated carbocycles. The van der Waals surface area contributed by atoms with Gasteiger partial charge in [-0.05, 0) is 29.7 Å². The van der Waals surface area contributed by atoms with Gasteiger partial charge in [0.15, 0.2) is 0 Å². The summed E-state index contributed by atoms with van der Waals surface area (Å²) in [7, 11) is 3.57. The first kappa shape index (κ1) is 19.4. The molecule has 1 heterocycles. The monoisotopic (exact) mass is 376 g/mol. The number of anilines is 1. The number of aromatic nitrogens is 2. The van der Waals surface area contributed by atoms with Gasteiger partial charge in [-0.25, -0.2) is 9.97 Å². The number of ether oxygens (including phenoxy) is 1. The van der Waals surface area contributed by atoms with Crippen LogP contribution in [0.5, 0.6) is 5.75 Å². The van der Waals surface area contributed by atoms with Gasteiger partial charge in [0.2, 0.25) is 5.95 Å². The first-order valence-electron chi connectivity index (χ1n) is 9.14. The Morgan fingerprint density at radius 1 is 1.04 bits per heavy atom. The van der Waals surface area contributed by atoms with Gasteiger partial charge in [0.05, 0.1) is 12.7 Å².